The van der Waals surface area contributed by atoms with E-state index in [1.54, 1.807) is 21.1 Å². The minimum atomic E-state index is -3.22. The smallest absolute Gasteiger partial charge is 0.227 e. The largest absolute Gasteiger partial charge is 0.335 e. The Morgan fingerprint density at radius 3 is 2.40 bits per heavy atom. The molecule has 3 fully saturated rings. The zero-order valence-corrected chi connectivity index (χ0v) is 15.6. The summed E-state index contributed by atoms with van der Waals surface area (Å²) >= 11 is 1.54. The van der Waals surface area contributed by atoms with E-state index in [0.29, 0.717) is 19.5 Å². The number of sulfone groups is 1. The molecule has 0 bridgehead atoms. The highest BCUT2D eigenvalue weighted by Crippen LogP contribution is 2.33. The van der Waals surface area contributed by atoms with Crippen LogP contribution in [-0.2, 0) is 25.8 Å². The molecule has 0 aromatic carbocycles. The third-order valence-electron chi connectivity index (χ3n) is 5.67. The molecule has 1 aromatic rings. The topological polar surface area (TPSA) is 74.8 Å². The van der Waals surface area contributed by atoms with E-state index in [9.17, 15) is 18.0 Å². The van der Waals surface area contributed by atoms with E-state index in [1.165, 1.54) is 0 Å². The molecule has 25 heavy (non-hydrogen) atoms. The number of piperazine rings is 1. The third-order valence-corrected chi connectivity index (χ3v) is 8.10. The summed E-state index contributed by atoms with van der Waals surface area (Å²) in [5.74, 6) is 0.0568. The first-order chi connectivity index (χ1) is 11.9. The molecule has 2 atom stereocenters. The zero-order valence-electron chi connectivity index (χ0n) is 14.0. The van der Waals surface area contributed by atoms with Crippen molar-refractivity contribution < 1.29 is 18.0 Å². The number of hydrogen-bond donors (Lipinski definition) is 0. The van der Waals surface area contributed by atoms with Crippen LogP contribution in [0.25, 0.3) is 0 Å². The molecule has 1 aliphatic carbocycles. The summed E-state index contributed by atoms with van der Waals surface area (Å²) in [6.07, 6.45) is 3.17. The lowest BCUT2D eigenvalue weighted by Gasteiger charge is -2.45. The van der Waals surface area contributed by atoms with E-state index in [0.717, 1.165) is 24.8 Å². The van der Waals surface area contributed by atoms with Crippen molar-refractivity contribution in [2.45, 2.75) is 37.8 Å². The van der Waals surface area contributed by atoms with Crippen LogP contribution in [0.5, 0.6) is 0 Å². The van der Waals surface area contributed by atoms with E-state index in [-0.39, 0.29) is 35.3 Å². The highest BCUT2D eigenvalue weighted by molar-refractivity contribution is 7.91. The van der Waals surface area contributed by atoms with Gasteiger partial charge >= 0.3 is 0 Å². The molecule has 0 unspecified atom stereocenters. The number of fused-ring (bicyclic) bond motifs is 1. The fraction of sp³-hybridized carbons (Fsp3) is 0.647. The second-order valence-electron chi connectivity index (χ2n) is 7.27. The Morgan fingerprint density at radius 2 is 1.80 bits per heavy atom. The first-order valence-electron chi connectivity index (χ1n) is 8.76. The van der Waals surface area contributed by atoms with Crippen LogP contribution >= 0.6 is 11.3 Å². The van der Waals surface area contributed by atoms with Crippen LogP contribution in [0.1, 0.15) is 24.8 Å². The van der Waals surface area contributed by atoms with Gasteiger partial charge < -0.3 is 9.80 Å². The number of hydrogen-bond acceptors (Lipinski definition) is 5. The molecule has 2 amide bonds. The maximum Gasteiger partial charge on any atom is 0.227 e. The van der Waals surface area contributed by atoms with Gasteiger partial charge in [0.2, 0.25) is 11.8 Å². The Hall–Kier alpha value is -1.41. The van der Waals surface area contributed by atoms with Crippen LogP contribution < -0.4 is 0 Å². The fourth-order valence-electron chi connectivity index (χ4n) is 4.10. The molecule has 136 valence electrons. The molecule has 4 rings (SSSR count). The Labute approximate surface area is 151 Å². The Bertz CT molecular complexity index is 771. The SMILES string of the molecule is O=C(C1CCC1)N1CCN(C(=O)Cc2ccsc2)[C@H]2CS(=O)(=O)C[C@H]21. The highest BCUT2D eigenvalue weighted by Gasteiger charge is 2.50. The van der Waals surface area contributed by atoms with Crippen molar-refractivity contribution in [2.24, 2.45) is 5.92 Å². The molecule has 6 nitrogen and oxygen atoms in total. The second kappa shape index (κ2) is 6.39. The Balaban J connectivity index is 1.54. The van der Waals surface area contributed by atoms with Gasteiger partial charge in [0.15, 0.2) is 9.84 Å². The van der Waals surface area contributed by atoms with Crippen molar-refractivity contribution >= 4 is 33.0 Å². The van der Waals surface area contributed by atoms with E-state index >= 15 is 0 Å². The van der Waals surface area contributed by atoms with Gasteiger partial charge in [0.1, 0.15) is 0 Å². The van der Waals surface area contributed by atoms with Gasteiger partial charge in [-0.15, -0.1) is 0 Å². The molecular weight excluding hydrogens is 360 g/mol. The maximum atomic E-state index is 12.7. The van der Waals surface area contributed by atoms with Crippen molar-refractivity contribution in [3.05, 3.63) is 22.4 Å². The summed E-state index contributed by atoms with van der Waals surface area (Å²) < 4.78 is 24.5. The standard InChI is InChI=1S/C17H22N2O4S2/c20-16(8-12-4-7-24-9-12)18-5-6-19(17(21)13-2-1-3-13)15-11-25(22,23)10-14(15)18/h4,7,9,13-15H,1-3,5-6,8,10-11H2/t14-,15+/m0/s1. The van der Waals surface area contributed by atoms with Gasteiger partial charge in [-0.3, -0.25) is 9.59 Å². The number of rotatable bonds is 3. The lowest BCUT2D eigenvalue weighted by molar-refractivity contribution is -0.149. The maximum absolute atomic E-state index is 12.7. The van der Waals surface area contributed by atoms with Crippen LogP contribution in [0.4, 0.5) is 0 Å². The van der Waals surface area contributed by atoms with Crippen LogP contribution in [0.15, 0.2) is 16.8 Å². The summed E-state index contributed by atoms with van der Waals surface area (Å²) in [4.78, 5) is 28.9. The van der Waals surface area contributed by atoms with E-state index in [2.05, 4.69) is 0 Å². The number of amides is 2. The van der Waals surface area contributed by atoms with Crippen molar-refractivity contribution in [1.82, 2.24) is 9.80 Å². The second-order valence-corrected chi connectivity index (χ2v) is 10.2. The minimum absolute atomic E-state index is 0.0155. The van der Waals surface area contributed by atoms with E-state index in [4.69, 9.17) is 0 Å². The number of thiophene rings is 1. The molecule has 3 heterocycles. The minimum Gasteiger partial charge on any atom is -0.335 e. The quantitative estimate of drug-likeness (QED) is 0.779. The first kappa shape index (κ1) is 17.0. The van der Waals surface area contributed by atoms with Gasteiger partial charge in [-0.25, -0.2) is 8.42 Å². The first-order valence-corrected chi connectivity index (χ1v) is 11.5. The number of carbonyl (C=O) groups excluding carboxylic acids is 2. The normalized spacial score (nSPS) is 28.5. The number of carbonyl (C=O) groups is 2. The van der Waals surface area contributed by atoms with Gasteiger partial charge in [-0.1, -0.05) is 6.42 Å². The molecule has 8 heteroatoms. The lowest BCUT2D eigenvalue weighted by atomic mass is 9.83. The highest BCUT2D eigenvalue weighted by atomic mass is 32.2. The molecule has 2 saturated heterocycles. The Kier molecular flexibility index (Phi) is 4.35. The average molecular weight is 383 g/mol. The summed E-state index contributed by atoms with van der Waals surface area (Å²) in [5, 5.41) is 3.87. The molecule has 1 saturated carbocycles. The monoisotopic (exact) mass is 382 g/mol. The molecule has 0 radical (unpaired) electrons. The van der Waals surface area contributed by atoms with E-state index in [1.807, 2.05) is 16.8 Å². The lowest BCUT2D eigenvalue weighted by Crippen LogP contribution is -2.63. The molecule has 0 N–H and O–H groups in total. The van der Waals surface area contributed by atoms with Gasteiger partial charge in [0.05, 0.1) is 30.0 Å². The summed E-state index contributed by atoms with van der Waals surface area (Å²) in [5.41, 5.74) is 0.959. The number of nitrogens with zero attached hydrogens (tertiary/aromatic N) is 2. The van der Waals surface area contributed by atoms with E-state index < -0.39 is 15.9 Å². The summed E-state index contributed by atoms with van der Waals surface area (Å²) in [6, 6.07) is 1.15. The molecular formula is C17H22N2O4S2. The fourth-order valence-corrected chi connectivity index (χ4v) is 6.74. The van der Waals surface area contributed by atoms with Crippen molar-refractivity contribution in [3.63, 3.8) is 0 Å². The molecule has 3 aliphatic rings. The van der Waals surface area contributed by atoms with Gasteiger partial charge in [-0.2, -0.15) is 11.3 Å². The van der Waals surface area contributed by atoms with Gasteiger partial charge in [0.25, 0.3) is 0 Å². The van der Waals surface area contributed by atoms with Crippen molar-refractivity contribution in [3.8, 4) is 0 Å². The van der Waals surface area contributed by atoms with Crippen LogP contribution in [-0.4, -0.2) is 66.7 Å². The van der Waals surface area contributed by atoms with Crippen molar-refractivity contribution in [2.75, 3.05) is 24.6 Å². The van der Waals surface area contributed by atoms with Crippen LogP contribution in [0.2, 0.25) is 0 Å². The summed E-state index contributed by atoms with van der Waals surface area (Å²) in [6.45, 7) is 0.875. The molecule has 2 aliphatic heterocycles. The molecule has 1 aromatic heterocycles. The average Bonchev–Trinajstić information content (AvgIpc) is 3.09. The third kappa shape index (κ3) is 3.21. The predicted octanol–water partition coefficient (Wildman–Crippen LogP) is 0.927. The van der Waals surface area contributed by atoms with Crippen molar-refractivity contribution in [1.29, 1.82) is 0 Å². The zero-order chi connectivity index (χ0) is 17.6. The van der Waals surface area contributed by atoms with Gasteiger partial charge in [0, 0.05) is 19.0 Å². The van der Waals surface area contributed by atoms with Crippen LogP contribution in [0.3, 0.4) is 0 Å². The molecule has 0 spiro atoms. The summed E-state index contributed by atoms with van der Waals surface area (Å²) in [7, 11) is -3.22. The Morgan fingerprint density at radius 1 is 1.12 bits per heavy atom. The van der Waals surface area contributed by atoms with Gasteiger partial charge in [-0.05, 0) is 35.2 Å². The predicted molar refractivity (Wildman–Crippen MR) is 95.0 cm³/mol. The van der Waals surface area contributed by atoms with Crippen LogP contribution in [0, 0.1) is 5.92 Å².